The summed E-state index contributed by atoms with van der Waals surface area (Å²) in [5.74, 6) is 0.520. The largest absolute Gasteiger partial charge is 0.349 e. The predicted molar refractivity (Wildman–Crippen MR) is 68.1 cm³/mol. The predicted octanol–water partition coefficient (Wildman–Crippen LogP) is 3.20. The highest BCUT2D eigenvalue weighted by atomic mass is 16.1. The summed E-state index contributed by atoms with van der Waals surface area (Å²) in [4.78, 5) is 11.6. The Labute approximate surface area is 98.8 Å². The first-order chi connectivity index (χ1) is 7.63. The van der Waals surface area contributed by atoms with Crippen LogP contribution in [0.3, 0.4) is 0 Å². The lowest BCUT2D eigenvalue weighted by Gasteiger charge is -2.05. The van der Waals surface area contributed by atoms with E-state index in [1.807, 2.05) is 6.08 Å². The van der Waals surface area contributed by atoms with Crippen molar-refractivity contribution in [2.45, 2.75) is 52.0 Å². The smallest absolute Gasteiger partial charge is 0.250 e. The third kappa shape index (κ3) is 5.15. The van der Waals surface area contributed by atoms with Gasteiger partial charge in [0.2, 0.25) is 0 Å². The maximum absolute atomic E-state index is 11.6. The molecule has 0 spiro atoms. The zero-order valence-corrected chi connectivity index (χ0v) is 10.5. The van der Waals surface area contributed by atoms with E-state index < -0.39 is 0 Å². The molecule has 1 aliphatic rings. The Kier molecular flexibility index (Phi) is 5.30. The zero-order valence-electron chi connectivity index (χ0n) is 10.5. The minimum absolute atomic E-state index is 0.0126. The third-order valence-electron chi connectivity index (χ3n) is 2.84. The number of nitrogens with one attached hydrogen (secondary N) is 1. The number of hydrogen-bond donors (Lipinski definition) is 1. The van der Waals surface area contributed by atoms with E-state index in [4.69, 9.17) is 0 Å². The molecule has 2 heteroatoms. The van der Waals surface area contributed by atoms with E-state index in [0.29, 0.717) is 17.5 Å². The topological polar surface area (TPSA) is 29.1 Å². The van der Waals surface area contributed by atoms with Gasteiger partial charge in [-0.2, -0.15) is 0 Å². The van der Waals surface area contributed by atoms with Crippen molar-refractivity contribution in [1.82, 2.24) is 5.32 Å². The molecule has 1 saturated carbocycles. The van der Waals surface area contributed by atoms with E-state index in [2.05, 4.69) is 31.8 Å². The maximum atomic E-state index is 11.6. The molecule has 0 saturated heterocycles. The normalized spacial score (nSPS) is 17.4. The molecule has 1 unspecified atom stereocenters. The second-order valence-corrected chi connectivity index (χ2v) is 4.75. The van der Waals surface area contributed by atoms with E-state index in [1.165, 1.54) is 19.3 Å². The fraction of sp³-hybridized carbons (Fsp3) is 0.643. The molecular weight excluding hydrogens is 198 g/mol. The van der Waals surface area contributed by atoms with Crippen molar-refractivity contribution in [2.24, 2.45) is 5.92 Å². The van der Waals surface area contributed by atoms with Crippen LogP contribution in [0, 0.1) is 5.92 Å². The van der Waals surface area contributed by atoms with Gasteiger partial charge in [-0.05, 0) is 25.2 Å². The average Bonchev–Trinajstić information content (AvgIpc) is 3.06. The summed E-state index contributed by atoms with van der Waals surface area (Å²) in [5, 5.41) is 2.93. The molecule has 16 heavy (non-hydrogen) atoms. The van der Waals surface area contributed by atoms with E-state index in [-0.39, 0.29) is 5.91 Å². The van der Waals surface area contributed by atoms with Gasteiger partial charge in [-0.1, -0.05) is 45.4 Å². The second-order valence-electron chi connectivity index (χ2n) is 4.75. The van der Waals surface area contributed by atoms with Gasteiger partial charge in [0.15, 0.2) is 0 Å². The van der Waals surface area contributed by atoms with Crippen molar-refractivity contribution in [1.29, 1.82) is 0 Å². The quantitative estimate of drug-likeness (QED) is 0.519. The average molecular weight is 221 g/mol. The van der Waals surface area contributed by atoms with E-state index in [9.17, 15) is 4.79 Å². The standard InChI is InChI=1S/C14H23NO/c1-4-5-6-11(2)7-8-12(3)14(16)15-13-9-10-13/h7-8,11,13H,3-6,9-10H2,1-2H3,(H,15,16). The SMILES string of the molecule is C=C(C=CC(C)CCCC)C(=O)NC1CC1. The van der Waals surface area contributed by atoms with Gasteiger partial charge in [-0.15, -0.1) is 0 Å². The Balaban J connectivity index is 2.25. The van der Waals surface area contributed by atoms with Crippen LogP contribution in [-0.2, 0) is 4.79 Å². The van der Waals surface area contributed by atoms with Gasteiger partial charge in [-0.25, -0.2) is 0 Å². The number of carbonyl (C=O) groups excluding carboxylic acids is 1. The minimum atomic E-state index is -0.0126. The Morgan fingerprint density at radius 1 is 1.56 bits per heavy atom. The third-order valence-corrected chi connectivity index (χ3v) is 2.84. The summed E-state index contributed by atoms with van der Waals surface area (Å²) < 4.78 is 0. The van der Waals surface area contributed by atoms with Crippen LogP contribution in [0.2, 0.25) is 0 Å². The van der Waals surface area contributed by atoms with Gasteiger partial charge >= 0.3 is 0 Å². The van der Waals surface area contributed by atoms with Crippen molar-refractivity contribution >= 4 is 5.91 Å². The minimum Gasteiger partial charge on any atom is -0.349 e. The number of rotatable bonds is 7. The molecule has 0 aromatic carbocycles. The summed E-state index contributed by atoms with van der Waals surface area (Å²) in [6, 6.07) is 0.412. The van der Waals surface area contributed by atoms with Crippen LogP contribution in [0.1, 0.15) is 46.0 Å². The first-order valence-corrected chi connectivity index (χ1v) is 6.31. The Morgan fingerprint density at radius 2 is 2.25 bits per heavy atom. The Hall–Kier alpha value is -1.05. The summed E-state index contributed by atoms with van der Waals surface area (Å²) in [6.07, 6.45) is 9.84. The van der Waals surface area contributed by atoms with Crippen LogP contribution in [0.5, 0.6) is 0 Å². The maximum Gasteiger partial charge on any atom is 0.250 e. The second kappa shape index (κ2) is 6.51. The van der Waals surface area contributed by atoms with Gasteiger partial charge in [-0.3, -0.25) is 4.79 Å². The number of amides is 1. The number of carbonyl (C=O) groups is 1. The van der Waals surface area contributed by atoms with Crippen molar-refractivity contribution in [3.63, 3.8) is 0 Å². The summed E-state index contributed by atoms with van der Waals surface area (Å²) in [5.41, 5.74) is 0.579. The zero-order chi connectivity index (χ0) is 12.0. The fourth-order valence-electron chi connectivity index (χ4n) is 1.48. The first kappa shape index (κ1) is 13.0. The van der Waals surface area contributed by atoms with Crippen LogP contribution < -0.4 is 5.32 Å². The molecular formula is C14H23NO. The highest BCUT2D eigenvalue weighted by Gasteiger charge is 2.23. The lowest BCUT2D eigenvalue weighted by atomic mass is 10.0. The van der Waals surface area contributed by atoms with Crippen molar-refractivity contribution < 1.29 is 4.79 Å². The summed E-state index contributed by atoms with van der Waals surface area (Å²) >= 11 is 0. The summed E-state index contributed by atoms with van der Waals surface area (Å²) in [6.45, 7) is 8.16. The van der Waals surface area contributed by atoms with Crippen molar-refractivity contribution in [3.8, 4) is 0 Å². The number of allylic oxidation sites excluding steroid dienone is 1. The summed E-state index contributed by atoms with van der Waals surface area (Å²) in [7, 11) is 0. The molecule has 0 radical (unpaired) electrons. The van der Waals surface area contributed by atoms with Crippen LogP contribution in [-0.4, -0.2) is 11.9 Å². The number of hydrogen-bond acceptors (Lipinski definition) is 1. The molecule has 0 heterocycles. The van der Waals surface area contributed by atoms with Crippen LogP contribution >= 0.6 is 0 Å². The molecule has 0 bridgehead atoms. The van der Waals surface area contributed by atoms with E-state index in [0.717, 1.165) is 12.8 Å². The van der Waals surface area contributed by atoms with Gasteiger partial charge in [0, 0.05) is 11.6 Å². The lowest BCUT2D eigenvalue weighted by Crippen LogP contribution is -2.25. The fourth-order valence-corrected chi connectivity index (χ4v) is 1.48. The molecule has 1 N–H and O–H groups in total. The molecule has 0 aromatic heterocycles. The highest BCUT2D eigenvalue weighted by molar-refractivity contribution is 5.95. The van der Waals surface area contributed by atoms with Crippen LogP contribution in [0.15, 0.2) is 24.3 Å². The highest BCUT2D eigenvalue weighted by Crippen LogP contribution is 2.19. The first-order valence-electron chi connectivity index (χ1n) is 6.31. The number of unbranched alkanes of at least 4 members (excludes halogenated alkanes) is 1. The van der Waals surface area contributed by atoms with Crippen molar-refractivity contribution in [3.05, 3.63) is 24.3 Å². The van der Waals surface area contributed by atoms with Gasteiger partial charge in [0.05, 0.1) is 0 Å². The molecule has 0 aromatic rings. The molecule has 1 rings (SSSR count). The van der Waals surface area contributed by atoms with Crippen LogP contribution in [0.4, 0.5) is 0 Å². The van der Waals surface area contributed by atoms with E-state index >= 15 is 0 Å². The lowest BCUT2D eigenvalue weighted by molar-refractivity contribution is -0.117. The Bertz CT molecular complexity index is 276. The van der Waals surface area contributed by atoms with Crippen molar-refractivity contribution in [2.75, 3.05) is 0 Å². The monoisotopic (exact) mass is 221 g/mol. The van der Waals surface area contributed by atoms with Gasteiger partial charge in [0.25, 0.3) is 5.91 Å². The van der Waals surface area contributed by atoms with Gasteiger partial charge < -0.3 is 5.32 Å². The molecule has 90 valence electrons. The van der Waals surface area contributed by atoms with Gasteiger partial charge in [0.1, 0.15) is 0 Å². The van der Waals surface area contributed by atoms with E-state index in [1.54, 1.807) is 0 Å². The molecule has 0 aliphatic heterocycles. The molecule has 1 aliphatic carbocycles. The Morgan fingerprint density at radius 3 is 2.81 bits per heavy atom. The molecule has 2 nitrogen and oxygen atoms in total. The molecule has 1 atom stereocenters. The molecule has 1 fully saturated rings. The van der Waals surface area contributed by atoms with Crippen LogP contribution in [0.25, 0.3) is 0 Å². The molecule has 1 amide bonds.